The molecular weight excluding hydrogens is 529 g/mol. The van der Waals surface area contributed by atoms with Gasteiger partial charge in [-0.3, -0.25) is 13.8 Å². The molecule has 0 saturated heterocycles. The first-order valence-corrected chi connectivity index (χ1v) is 17.4. The molecule has 0 aromatic heterocycles. The van der Waals surface area contributed by atoms with E-state index in [1.54, 1.807) is 0 Å². The number of unbranched alkanes of at least 4 members (excludes halogenated alkanes) is 13. The maximum Gasteiger partial charge on any atom is 0.472 e. The van der Waals surface area contributed by atoms with Crippen LogP contribution in [0.5, 0.6) is 0 Å². The average Bonchev–Trinajstić information content (AvgIpc) is 2.88. The monoisotopic (exact) mass is 592 g/mol. The average molecular weight is 593 g/mol. The lowest BCUT2D eigenvalue weighted by Crippen LogP contribution is -2.37. The summed E-state index contributed by atoms with van der Waals surface area (Å²) in [7, 11) is 1.66. The highest BCUT2D eigenvalue weighted by atomic mass is 31.2. The Hall–Kier alpha value is -0.760. The normalized spacial score (nSPS) is 14.4. The number of quaternary nitrogens is 1. The van der Waals surface area contributed by atoms with Crippen LogP contribution in [0.25, 0.3) is 0 Å². The van der Waals surface area contributed by atoms with Gasteiger partial charge in [-0.25, -0.2) is 4.57 Å². The number of nitrogens with zero attached hydrogens (tertiary/aromatic N) is 1. The van der Waals surface area contributed by atoms with E-state index in [-0.39, 0.29) is 25.8 Å². The van der Waals surface area contributed by atoms with Gasteiger partial charge in [0.25, 0.3) is 0 Å². The predicted octanol–water partition coefficient (Wildman–Crippen LogP) is 7.98. The topological polar surface area (TPSA) is 91.3 Å². The summed E-state index contributed by atoms with van der Waals surface area (Å²) in [6.07, 6.45) is 22.4. The molecule has 0 saturated carbocycles. The zero-order valence-corrected chi connectivity index (χ0v) is 27.5. The number of esters is 1. The number of carbonyl (C=O) groups excluding carboxylic acids is 1. The second kappa shape index (κ2) is 25.9. The molecule has 0 aromatic carbocycles. The molecule has 2 unspecified atom stereocenters. The lowest BCUT2D eigenvalue weighted by atomic mass is 10.1. The van der Waals surface area contributed by atoms with Gasteiger partial charge in [-0.2, -0.15) is 0 Å². The van der Waals surface area contributed by atoms with Crippen LogP contribution < -0.4 is 0 Å². The van der Waals surface area contributed by atoms with Gasteiger partial charge in [0.2, 0.25) is 0 Å². The quantitative estimate of drug-likeness (QED) is 0.0309. The summed E-state index contributed by atoms with van der Waals surface area (Å²) in [5.41, 5.74) is 0. The fourth-order valence-corrected chi connectivity index (χ4v) is 4.74. The number of rotatable bonds is 29. The minimum atomic E-state index is -4.25. The van der Waals surface area contributed by atoms with Gasteiger partial charge in [0.1, 0.15) is 19.3 Å². The lowest BCUT2D eigenvalue weighted by Gasteiger charge is -2.24. The van der Waals surface area contributed by atoms with Crippen LogP contribution in [0.4, 0.5) is 0 Å². The van der Waals surface area contributed by atoms with Crippen LogP contribution in [0.15, 0.2) is 12.2 Å². The van der Waals surface area contributed by atoms with Crippen molar-refractivity contribution < 1.29 is 37.3 Å². The standard InChI is InChI=1S/C31H62NO7P/c1-6-8-10-12-14-15-16-17-18-20-22-24-31(33)39-30(28-36-26-23-21-19-13-11-9-7-2)29-38-40(34,35)37-27-25-32(3,4)5/h12,14,30H,6-11,13,15-29H2,1-5H3/p+1/b14-12-. The molecule has 0 bridgehead atoms. The summed E-state index contributed by atoms with van der Waals surface area (Å²) in [5, 5.41) is 0. The fraction of sp³-hybridized carbons (Fsp3) is 0.903. The van der Waals surface area contributed by atoms with Crippen LogP contribution in [-0.2, 0) is 27.9 Å². The van der Waals surface area contributed by atoms with Crippen LogP contribution in [0, 0.1) is 0 Å². The van der Waals surface area contributed by atoms with Crippen molar-refractivity contribution in [1.82, 2.24) is 0 Å². The van der Waals surface area contributed by atoms with Crippen molar-refractivity contribution in [2.75, 3.05) is 54.1 Å². The lowest BCUT2D eigenvalue weighted by molar-refractivity contribution is -0.870. The molecule has 0 fully saturated rings. The molecule has 9 heteroatoms. The van der Waals surface area contributed by atoms with E-state index in [0.29, 0.717) is 24.1 Å². The Morgan fingerprint density at radius 3 is 1.98 bits per heavy atom. The summed E-state index contributed by atoms with van der Waals surface area (Å²) >= 11 is 0. The Balaban J connectivity index is 4.38. The molecule has 0 aliphatic carbocycles. The third-order valence-electron chi connectivity index (χ3n) is 6.58. The number of phosphoric ester groups is 1. The van der Waals surface area contributed by atoms with Crippen molar-refractivity contribution in [3.8, 4) is 0 Å². The van der Waals surface area contributed by atoms with E-state index in [1.165, 1.54) is 57.8 Å². The molecule has 0 radical (unpaired) electrons. The second-order valence-corrected chi connectivity index (χ2v) is 13.3. The van der Waals surface area contributed by atoms with Gasteiger partial charge in [-0.15, -0.1) is 0 Å². The molecule has 0 amide bonds. The highest BCUT2D eigenvalue weighted by molar-refractivity contribution is 7.47. The maximum atomic E-state index is 12.5. The molecule has 0 aliphatic rings. The zero-order chi connectivity index (χ0) is 30.0. The van der Waals surface area contributed by atoms with Crippen molar-refractivity contribution in [3.05, 3.63) is 12.2 Å². The summed E-state index contributed by atoms with van der Waals surface area (Å²) in [6, 6.07) is 0. The van der Waals surface area contributed by atoms with Gasteiger partial charge >= 0.3 is 13.8 Å². The molecule has 0 heterocycles. The van der Waals surface area contributed by atoms with Crippen LogP contribution in [-0.4, -0.2) is 75.6 Å². The third kappa shape index (κ3) is 28.8. The smallest absolute Gasteiger partial charge is 0.457 e. The summed E-state index contributed by atoms with van der Waals surface area (Å²) in [5.74, 6) is -0.328. The first-order chi connectivity index (χ1) is 19.1. The van der Waals surface area contributed by atoms with Crippen LogP contribution in [0.2, 0.25) is 0 Å². The molecular formula is C31H63NO7P+. The Kier molecular flexibility index (Phi) is 25.4. The van der Waals surface area contributed by atoms with Gasteiger partial charge in [-0.1, -0.05) is 96.6 Å². The van der Waals surface area contributed by atoms with E-state index in [4.69, 9.17) is 18.5 Å². The molecule has 40 heavy (non-hydrogen) atoms. The SMILES string of the molecule is CCCC/C=C\CCCCCCCC(=O)OC(COCCCCCCCCC)COP(=O)(O)OCC[N+](C)(C)C. The Morgan fingerprint density at radius 1 is 0.750 bits per heavy atom. The first-order valence-electron chi connectivity index (χ1n) is 15.9. The van der Waals surface area contributed by atoms with Crippen molar-refractivity contribution in [2.24, 2.45) is 0 Å². The molecule has 8 nitrogen and oxygen atoms in total. The minimum Gasteiger partial charge on any atom is -0.457 e. The van der Waals surface area contributed by atoms with Crippen molar-refractivity contribution in [3.63, 3.8) is 0 Å². The molecule has 1 N–H and O–H groups in total. The number of ether oxygens (including phenoxy) is 2. The number of likely N-dealkylation sites (N-methyl/N-ethyl adjacent to an activating group) is 1. The summed E-state index contributed by atoms with van der Waals surface area (Å²) in [6.45, 7) is 5.52. The van der Waals surface area contributed by atoms with Gasteiger partial charge in [0, 0.05) is 13.0 Å². The highest BCUT2D eigenvalue weighted by Crippen LogP contribution is 2.43. The molecule has 0 spiro atoms. The number of hydrogen-bond acceptors (Lipinski definition) is 6. The van der Waals surface area contributed by atoms with Crippen molar-refractivity contribution in [2.45, 2.75) is 129 Å². The Bertz CT molecular complexity index is 667. The molecule has 0 rings (SSSR count). The van der Waals surface area contributed by atoms with E-state index in [1.807, 2.05) is 21.1 Å². The van der Waals surface area contributed by atoms with Crippen LogP contribution >= 0.6 is 7.82 Å². The van der Waals surface area contributed by atoms with E-state index >= 15 is 0 Å². The van der Waals surface area contributed by atoms with E-state index < -0.39 is 13.9 Å². The van der Waals surface area contributed by atoms with Gasteiger partial charge < -0.3 is 18.9 Å². The summed E-state index contributed by atoms with van der Waals surface area (Å²) in [4.78, 5) is 22.5. The second-order valence-electron chi connectivity index (χ2n) is 11.8. The molecule has 2 atom stereocenters. The number of phosphoric acid groups is 1. The van der Waals surface area contributed by atoms with Crippen LogP contribution in [0.3, 0.4) is 0 Å². The number of carbonyl (C=O) groups is 1. The summed E-state index contributed by atoms with van der Waals surface area (Å²) < 4.78 is 34.5. The van der Waals surface area contributed by atoms with Crippen molar-refractivity contribution in [1.29, 1.82) is 0 Å². The van der Waals surface area contributed by atoms with Gasteiger partial charge in [0.05, 0.1) is 34.4 Å². The van der Waals surface area contributed by atoms with Gasteiger partial charge in [0.15, 0.2) is 0 Å². The molecule has 0 aliphatic heterocycles. The fourth-order valence-electron chi connectivity index (χ4n) is 4.00. The Labute approximate surface area is 246 Å². The number of allylic oxidation sites excluding steroid dienone is 2. The van der Waals surface area contributed by atoms with E-state index in [2.05, 4.69) is 26.0 Å². The molecule has 238 valence electrons. The van der Waals surface area contributed by atoms with Crippen molar-refractivity contribution >= 4 is 13.8 Å². The predicted molar refractivity (Wildman–Crippen MR) is 164 cm³/mol. The molecule has 0 aromatic rings. The third-order valence-corrected chi connectivity index (χ3v) is 7.56. The number of hydrogen-bond donors (Lipinski definition) is 1. The largest absolute Gasteiger partial charge is 0.472 e. The minimum absolute atomic E-state index is 0.0889. The van der Waals surface area contributed by atoms with E-state index in [9.17, 15) is 14.3 Å². The van der Waals surface area contributed by atoms with Gasteiger partial charge in [-0.05, 0) is 32.1 Å². The van der Waals surface area contributed by atoms with Crippen LogP contribution in [0.1, 0.15) is 123 Å². The highest BCUT2D eigenvalue weighted by Gasteiger charge is 2.26. The zero-order valence-electron chi connectivity index (χ0n) is 26.6. The first kappa shape index (κ1) is 39.2. The Morgan fingerprint density at radius 2 is 1.32 bits per heavy atom. The van der Waals surface area contributed by atoms with E-state index in [0.717, 1.165) is 44.9 Å². The maximum absolute atomic E-state index is 12.5.